The molecule has 1 aromatic carbocycles. The van der Waals surface area contributed by atoms with Crippen molar-refractivity contribution in [3.8, 4) is 0 Å². The van der Waals surface area contributed by atoms with Crippen LogP contribution in [0.4, 0.5) is 9.18 Å². The van der Waals surface area contributed by atoms with Crippen molar-refractivity contribution in [1.29, 1.82) is 0 Å². The van der Waals surface area contributed by atoms with E-state index in [-0.39, 0.29) is 5.82 Å². The Labute approximate surface area is 116 Å². The van der Waals surface area contributed by atoms with E-state index in [1.165, 1.54) is 17.0 Å². The van der Waals surface area contributed by atoms with Gasteiger partial charge in [0.05, 0.1) is 5.02 Å². The Bertz CT molecular complexity index is 496. The minimum atomic E-state index is -0.857. The molecular weight excluding hydrogens is 269 g/mol. The van der Waals surface area contributed by atoms with Crippen molar-refractivity contribution in [2.75, 3.05) is 13.1 Å². The molecule has 0 unspecified atom stereocenters. The molecule has 1 aromatic rings. The van der Waals surface area contributed by atoms with Gasteiger partial charge in [-0.3, -0.25) is 0 Å². The number of benzene rings is 1. The van der Waals surface area contributed by atoms with Gasteiger partial charge in [-0.2, -0.15) is 0 Å². The van der Waals surface area contributed by atoms with Crippen molar-refractivity contribution in [3.05, 3.63) is 40.7 Å². The molecule has 0 bridgehead atoms. The molecule has 19 heavy (non-hydrogen) atoms. The van der Waals surface area contributed by atoms with E-state index in [0.29, 0.717) is 24.0 Å². The summed E-state index contributed by atoms with van der Waals surface area (Å²) in [7, 11) is 0. The molecule has 5 heteroatoms. The summed E-state index contributed by atoms with van der Waals surface area (Å²) >= 11 is 5.93. The molecule has 0 aromatic heterocycles. The van der Waals surface area contributed by atoms with Gasteiger partial charge in [0.2, 0.25) is 0 Å². The Kier molecular flexibility index (Phi) is 4.43. The van der Waals surface area contributed by atoms with Crippen LogP contribution in [0, 0.1) is 11.7 Å². The number of rotatable bonds is 2. The van der Waals surface area contributed by atoms with Crippen molar-refractivity contribution in [1.82, 2.24) is 4.90 Å². The summed E-state index contributed by atoms with van der Waals surface area (Å²) in [6.45, 7) is 1.11. The molecule has 0 aliphatic carbocycles. The summed E-state index contributed by atoms with van der Waals surface area (Å²) in [6.07, 6.45) is 4.66. The van der Waals surface area contributed by atoms with Crippen LogP contribution < -0.4 is 0 Å². The first-order valence-corrected chi connectivity index (χ1v) is 6.55. The fourth-order valence-corrected chi connectivity index (χ4v) is 2.39. The second kappa shape index (κ2) is 6.06. The zero-order chi connectivity index (χ0) is 13.8. The first-order valence-electron chi connectivity index (χ1n) is 6.17. The largest absolute Gasteiger partial charge is 0.465 e. The van der Waals surface area contributed by atoms with Crippen molar-refractivity contribution in [3.63, 3.8) is 0 Å². The van der Waals surface area contributed by atoms with E-state index in [1.807, 2.05) is 12.2 Å². The number of hydrogen-bond donors (Lipinski definition) is 1. The predicted octanol–water partition coefficient (Wildman–Crippen LogP) is 3.88. The van der Waals surface area contributed by atoms with Crippen LogP contribution >= 0.6 is 11.6 Å². The Morgan fingerprint density at radius 1 is 1.42 bits per heavy atom. The molecule has 1 amide bonds. The third kappa shape index (κ3) is 3.70. The molecule has 1 N–H and O–H groups in total. The number of carbonyl (C=O) groups is 1. The van der Waals surface area contributed by atoms with E-state index in [1.54, 1.807) is 6.07 Å². The highest BCUT2D eigenvalue weighted by atomic mass is 35.5. The van der Waals surface area contributed by atoms with E-state index >= 15 is 0 Å². The van der Waals surface area contributed by atoms with Crippen molar-refractivity contribution >= 4 is 23.8 Å². The lowest BCUT2D eigenvalue weighted by molar-refractivity contribution is 0.129. The molecule has 102 valence electrons. The van der Waals surface area contributed by atoms with Crippen LogP contribution in [0.2, 0.25) is 5.02 Å². The first kappa shape index (κ1) is 13.9. The third-order valence-electron chi connectivity index (χ3n) is 3.32. The molecular formula is C14H15ClFNO2. The van der Waals surface area contributed by atoms with Crippen LogP contribution in [-0.2, 0) is 0 Å². The molecule has 1 aliphatic heterocycles. The number of likely N-dealkylation sites (tertiary alicyclic amines) is 1. The molecule has 0 atom stereocenters. The van der Waals surface area contributed by atoms with E-state index in [9.17, 15) is 9.18 Å². The highest BCUT2D eigenvalue weighted by Crippen LogP contribution is 2.23. The second-order valence-electron chi connectivity index (χ2n) is 4.63. The smallest absolute Gasteiger partial charge is 0.407 e. The lowest BCUT2D eigenvalue weighted by Gasteiger charge is -2.28. The van der Waals surface area contributed by atoms with Gasteiger partial charge in [-0.05, 0) is 36.5 Å². The lowest BCUT2D eigenvalue weighted by atomic mass is 9.96. The quantitative estimate of drug-likeness (QED) is 0.895. The van der Waals surface area contributed by atoms with Crippen molar-refractivity contribution in [2.24, 2.45) is 5.92 Å². The first-order chi connectivity index (χ1) is 9.06. The minimum Gasteiger partial charge on any atom is -0.465 e. The summed E-state index contributed by atoms with van der Waals surface area (Å²) < 4.78 is 12.9. The molecule has 0 saturated carbocycles. The van der Waals surface area contributed by atoms with Gasteiger partial charge in [0.1, 0.15) is 5.82 Å². The number of hydrogen-bond acceptors (Lipinski definition) is 1. The number of carboxylic acid groups (broad SMARTS) is 1. The van der Waals surface area contributed by atoms with Crippen LogP contribution in [0.3, 0.4) is 0 Å². The maximum atomic E-state index is 12.9. The molecule has 1 aliphatic rings. The highest BCUT2D eigenvalue weighted by Gasteiger charge is 2.20. The molecule has 0 radical (unpaired) electrons. The van der Waals surface area contributed by atoms with E-state index in [4.69, 9.17) is 16.7 Å². The van der Waals surface area contributed by atoms with Gasteiger partial charge in [-0.15, -0.1) is 0 Å². The zero-order valence-corrected chi connectivity index (χ0v) is 11.1. The molecule has 1 fully saturated rings. The number of amides is 1. The van der Waals surface area contributed by atoms with Crippen LogP contribution in [-0.4, -0.2) is 29.2 Å². The van der Waals surface area contributed by atoms with Crippen molar-refractivity contribution < 1.29 is 14.3 Å². The topological polar surface area (TPSA) is 40.5 Å². The zero-order valence-electron chi connectivity index (χ0n) is 10.4. The van der Waals surface area contributed by atoms with Crippen molar-refractivity contribution in [2.45, 2.75) is 12.8 Å². The van der Waals surface area contributed by atoms with E-state index in [0.717, 1.165) is 18.4 Å². The van der Waals surface area contributed by atoms with Gasteiger partial charge in [-0.1, -0.05) is 29.8 Å². The lowest BCUT2D eigenvalue weighted by Crippen LogP contribution is -2.36. The summed E-state index contributed by atoms with van der Waals surface area (Å²) in [5.41, 5.74) is 0.781. The highest BCUT2D eigenvalue weighted by molar-refractivity contribution is 6.32. The Balaban J connectivity index is 1.95. The maximum Gasteiger partial charge on any atom is 0.407 e. The average molecular weight is 284 g/mol. The fourth-order valence-electron chi connectivity index (χ4n) is 2.16. The molecule has 1 saturated heterocycles. The number of nitrogens with zero attached hydrogens (tertiary/aromatic N) is 1. The third-order valence-corrected chi connectivity index (χ3v) is 3.65. The Morgan fingerprint density at radius 3 is 2.68 bits per heavy atom. The van der Waals surface area contributed by atoms with Gasteiger partial charge < -0.3 is 10.0 Å². The monoisotopic (exact) mass is 283 g/mol. The van der Waals surface area contributed by atoms with E-state index < -0.39 is 6.09 Å². The molecule has 3 nitrogen and oxygen atoms in total. The Hall–Kier alpha value is -1.55. The van der Waals surface area contributed by atoms with Gasteiger partial charge >= 0.3 is 6.09 Å². The average Bonchev–Trinajstić information content (AvgIpc) is 2.38. The summed E-state index contributed by atoms with van der Waals surface area (Å²) in [5.74, 6) is -0.00589. The fraction of sp³-hybridized carbons (Fsp3) is 0.357. The van der Waals surface area contributed by atoms with Gasteiger partial charge in [0.25, 0.3) is 0 Å². The molecule has 0 spiro atoms. The molecule has 2 rings (SSSR count). The van der Waals surface area contributed by atoms with Crippen LogP contribution in [0.1, 0.15) is 18.4 Å². The Morgan fingerprint density at radius 2 is 2.11 bits per heavy atom. The SMILES string of the molecule is O=C(O)N1CCC(/C=C/c2ccc(F)cc2Cl)CC1. The van der Waals surface area contributed by atoms with Gasteiger partial charge in [0, 0.05) is 13.1 Å². The summed E-state index contributed by atoms with van der Waals surface area (Å²) in [4.78, 5) is 12.2. The van der Waals surface area contributed by atoms with Crippen LogP contribution in [0.15, 0.2) is 24.3 Å². The summed E-state index contributed by atoms with van der Waals surface area (Å²) in [6, 6.07) is 4.30. The number of piperidine rings is 1. The predicted molar refractivity (Wildman–Crippen MR) is 72.8 cm³/mol. The van der Waals surface area contributed by atoms with Gasteiger partial charge in [-0.25, -0.2) is 9.18 Å². The number of allylic oxidation sites excluding steroid dienone is 1. The number of halogens is 2. The molecule has 1 heterocycles. The second-order valence-corrected chi connectivity index (χ2v) is 5.04. The van der Waals surface area contributed by atoms with E-state index in [2.05, 4.69) is 0 Å². The maximum absolute atomic E-state index is 12.9. The summed E-state index contributed by atoms with van der Waals surface area (Å²) in [5, 5.41) is 9.24. The van der Waals surface area contributed by atoms with Crippen LogP contribution in [0.25, 0.3) is 6.08 Å². The standard InChI is InChI=1S/C14H15ClFNO2/c15-13-9-12(16)4-3-11(13)2-1-10-5-7-17(8-6-10)14(18)19/h1-4,9-10H,5-8H2,(H,18,19)/b2-1+. The normalized spacial score (nSPS) is 17.1. The minimum absolute atomic E-state index is 0.344. The van der Waals surface area contributed by atoms with Gasteiger partial charge in [0.15, 0.2) is 0 Å². The van der Waals surface area contributed by atoms with Crippen LogP contribution in [0.5, 0.6) is 0 Å².